The van der Waals surface area contributed by atoms with Crippen LogP contribution in [-0.2, 0) is 19.1 Å². The van der Waals surface area contributed by atoms with E-state index in [1.165, 1.54) is 7.11 Å². The van der Waals surface area contributed by atoms with Gasteiger partial charge in [0.15, 0.2) is 5.71 Å². The smallest absolute Gasteiger partial charge is 0.360 e. The Morgan fingerprint density at radius 3 is 2.93 bits per heavy atom. The van der Waals surface area contributed by atoms with E-state index >= 15 is 0 Å². The molecule has 1 unspecified atom stereocenters. The van der Waals surface area contributed by atoms with Gasteiger partial charge in [0.05, 0.1) is 6.61 Å². The Balaban J connectivity index is 2.68. The van der Waals surface area contributed by atoms with Crippen molar-refractivity contribution in [2.24, 2.45) is 5.16 Å². The lowest BCUT2D eigenvalue weighted by molar-refractivity contribution is -0.136. The zero-order chi connectivity index (χ0) is 10.6. The van der Waals surface area contributed by atoms with Gasteiger partial charge in [-0.25, -0.2) is 4.79 Å². The Morgan fingerprint density at radius 1 is 1.71 bits per heavy atom. The molecule has 0 aromatic heterocycles. The molecule has 1 rings (SSSR count). The summed E-state index contributed by atoms with van der Waals surface area (Å²) in [7, 11) is 1.51. The van der Waals surface area contributed by atoms with Crippen molar-refractivity contribution < 1.29 is 19.1 Å². The lowest BCUT2D eigenvalue weighted by Crippen LogP contribution is -2.25. The highest BCUT2D eigenvalue weighted by atomic mass is 16.8. The van der Waals surface area contributed by atoms with Crippen molar-refractivity contribution in [1.82, 2.24) is 0 Å². The molecule has 1 atom stereocenters. The summed E-state index contributed by atoms with van der Waals surface area (Å²) in [5.74, 6) is -0.485. The van der Waals surface area contributed by atoms with Crippen LogP contribution in [0.15, 0.2) is 16.8 Å². The molecule has 0 N–H and O–H groups in total. The van der Waals surface area contributed by atoms with Crippen molar-refractivity contribution in [1.29, 1.82) is 0 Å². The fourth-order valence-corrected chi connectivity index (χ4v) is 1.03. The first-order valence-electron chi connectivity index (χ1n) is 4.31. The van der Waals surface area contributed by atoms with Crippen LogP contribution in [0.4, 0.5) is 0 Å². The van der Waals surface area contributed by atoms with Crippen LogP contribution in [0.5, 0.6) is 0 Å². The number of carbonyl (C=O) groups is 1. The predicted octanol–water partition coefficient (Wildman–Crippen LogP) is 0.854. The third kappa shape index (κ3) is 2.32. The van der Waals surface area contributed by atoms with Gasteiger partial charge in [0.2, 0.25) is 6.29 Å². The minimum atomic E-state index is -0.506. The fourth-order valence-electron chi connectivity index (χ4n) is 1.03. The zero-order valence-electron chi connectivity index (χ0n) is 8.44. The maximum Gasteiger partial charge on any atom is 0.360 e. The lowest BCUT2D eigenvalue weighted by Gasteiger charge is -2.18. The summed E-state index contributed by atoms with van der Waals surface area (Å²) in [6.07, 6.45) is 1.09. The summed E-state index contributed by atoms with van der Waals surface area (Å²) in [4.78, 5) is 16.1. The molecule has 0 amide bonds. The first kappa shape index (κ1) is 10.7. The van der Waals surface area contributed by atoms with E-state index in [1.54, 1.807) is 19.9 Å². The molecule has 5 heteroatoms. The maximum absolute atomic E-state index is 11.2. The average molecular weight is 199 g/mol. The number of carbonyl (C=O) groups excluding carboxylic acids is 1. The molecule has 14 heavy (non-hydrogen) atoms. The predicted molar refractivity (Wildman–Crippen MR) is 49.7 cm³/mol. The fraction of sp³-hybridized carbons (Fsp3) is 0.556. The highest BCUT2D eigenvalue weighted by Gasteiger charge is 2.21. The third-order valence-corrected chi connectivity index (χ3v) is 1.68. The normalized spacial score (nSPS) is 20.6. The molecule has 0 saturated heterocycles. The second-order valence-corrected chi connectivity index (χ2v) is 2.76. The van der Waals surface area contributed by atoms with Gasteiger partial charge in [-0.15, -0.1) is 0 Å². The molecule has 0 aliphatic carbocycles. The van der Waals surface area contributed by atoms with Gasteiger partial charge in [0, 0.05) is 7.11 Å². The van der Waals surface area contributed by atoms with Gasteiger partial charge >= 0.3 is 5.97 Å². The number of nitrogens with zero attached hydrogens (tertiary/aromatic N) is 1. The minimum Gasteiger partial charge on any atom is -0.461 e. The standard InChI is InChI=1S/C9H13NO4/c1-4-13-8(11)7-5-6(2)9(12-3)14-10-7/h5,9H,4H2,1-3H3. The Bertz CT molecular complexity index is 283. The van der Waals surface area contributed by atoms with Gasteiger partial charge in [0.25, 0.3) is 0 Å². The minimum absolute atomic E-state index is 0.164. The molecule has 0 radical (unpaired) electrons. The summed E-state index contributed by atoms with van der Waals surface area (Å²) in [6.45, 7) is 3.84. The Kier molecular flexibility index (Phi) is 3.64. The Morgan fingerprint density at radius 2 is 2.43 bits per heavy atom. The summed E-state index contributed by atoms with van der Waals surface area (Å²) in [5.41, 5.74) is 0.947. The van der Waals surface area contributed by atoms with Crippen LogP contribution in [0.25, 0.3) is 0 Å². The van der Waals surface area contributed by atoms with E-state index in [0.29, 0.717) is 6.61 Å². The van der Waals surface area contributed by atoms with Gasteiger partial charge in [-0.2, -0.15) is 0 Å². The van der Waals surface area contributed by atoms with E-state index < -0.39 is 12.3 Å². The van der Waals surface area contributed by atoms with E-state index in [4.69, 9.17) is 14.3 Å². The number of ether oxygens (including phenoxy) is 2. The highest BCUT2D eigenvalue weighted by Crippen LogP contribution is 2.13. The average Bonchev–Trinajstić information content (AvgIpc) is 2.18. The van der Waals surface area contributed by atoms with Gasteiger partial charge < -0.3 is 14.3 Å². The number of hydrogen-bond acceptors (Lipinski definition) is 5. The first-order chi connectivity index (χ1) is 6.69. The van der Waals surface area contributed by atoms with Gasteiger partial charge in [-0.3, -0.25) is 0 Å². The molecule has 0 fully saturated rings. The molecule has 0 aromatic carbocycles. The van der Waals surface area contributed by atoms with Crippen LogP contribution in [0, 0.1) is 0 Å². The van der Waals surface area contributed by atoms with Gasteiger partial charge in [-0.1, -0.05) is 5.16 Å². The molecular weight excluding hydrogens is 186 g/mol. The zero-order valence-corrected chi connectivity index (χ0v) is 8.44. The number of hydrogen-bond donors (Lipinski definition) is 0. The molecule has 0 aromatic rings. The van der Waals surface area contributed by atoms with Crippen molar-refractivity contribution >= 4 is 11.7 Å². The SMILES string of the molecule is CCOC(=O)C1=NOC(OC)C(C)=C1. The molecule has 1 aliphatic heterocycles. The van der Waals surface area contributed by atoms with E-state index in [0.717, 1.165) is 5.57 Å². The van der Waals surface area contributed by atoms with Crippen LogP contribution in [-0.4, -0.2) is 31.7 Å². The van der Waals surface area contributed by atoms with E-state index in [-0.39, 0.29) is 5.71 Å². The number of esters is 1. The number of oxime groups is 1. The molecule has 0 bridgehead atoms. The summed E-state index contributed by atoms with van der Waals surface area (Å²) >= 11 is 0. The van der Waals surface area contributed by atoms with Crippen molar-refractivity contribution in [2.45, 2.75) is 20.1 Å². The van der Waals surface area contributed by atoms with E-state index in [9.17, 15) is 4.79 Å². The number of methoxy groups -OCH3 is 1. The second-order valence-electron chi connectivity index (χ2n) is 2.76. The lowest BCUT2D eigenvalue weighted by atomic mass is 10.2. The number of rotatable bonds is 3. The molecule has 1 heterocycles. The maximum atomic E-state index is 11.2. The molecule has 78 valence electrons. The van der Waals surface area contributed by atoms with E-state index in [1.807, 2.05) is 0 Å². The van der Waals surface area contributed by atoms with Crippen molar-refractivity contribution in [3.63, 3.8) is 0 Å². The summed E-state index contributed by atoms with van der Waals surface area (Å²) in [6, 6.07) is 0. The topological polar surface area (TPSA) is 57.1 Å². The second kappa shape index (κ2) is 4.76. The summed E-state index contributed by atoms with van der Waals surface area (Å²) < 4.78 is 9.71. The Labute approximate surface area is 82.3 Å². The molecule has 5 nitrogen and oxygen atoms in total. The highest BCUT2D eigenvalue weighted by molar-refractivity contribution is 6.41. The third-order valence-electron chi connectivity index (χ3n) is 1.68. The van der Waals surface area contributed by atoms with Crippen LogP contribution in [0.3, 0.4) is 0 Å². The molecule has 0 spiro atoms. The monoisotopic (exact) mass is 199 g/mol. The Hall–Kier alpha value is -1.36. The van der Waals surface area contributed by atoms with E-state index in [2.05, 4.69) is 5.16 Å². The van der Waals surface area contributed by atoms with Crippen molar-refractivity contribution in [3.8, 4) is 0 Å². The van der Waals surface area contributed by atoms with Gasteiger partial charge in [0.1, 0.15) is 0 Å². The molecule has 1 aliphatic rings. The quantitative estimate of drug-likeness (QED) is 0.632. The molecular formula is C9H13NO4. The van der Waals surface area contributed by atoms with Crippen LogP contribution in [0.1, 0.15) is 13.8 Å². The van der Waals surface area contributed by atoms with Gasteiger partial charge in [-0.05, 0) is 25.5 Å². The summed E-state index contributed by atoms with van der Waals surface area (Å²) in [5, 5.41) is 3.59. The largest absolute Gasteiger partial charge is 0.461 e. The van der Waals surface area contributed by atoms with Crippen molar-refractivity contribution in [3.05, 3.63) is 11.6 Å². The van der Waals surface area contributed by atoms with Crippen LogP contribution >= 0.6 is 0 Å². The van der Waals surface area contributed by atoms with Crippen molar-refractivity contribution in [2.75, 3.05) is 13.7 Å². The van der Waals surface area contributed by atoms with Crippen LogP contribution < -0.4 is 0 Å². The van der Waals surface area contributed by atoms with Crippen LogP contribution in [0.2, 0.25) is 0 Å². The molecule has 0 saturated carbocycles. The first-order valence-corrected chi connectivity index (χ1v) is 4.31.